The van der Waals surface area contributed by atoms with Crippen LogP contribution in [0.5, 0.6) is 11.5 Å². The van der Waals surface area contributed by atoms with E-state index in [1.54, 1.807) is 55.6 Å². The zero-order valence-corrected chi connectivity index (χ0v) is 21.1. The summed E-state index contributed by atoms with van der Waals surface area (Å²) < 4.78 is 11.5. The maximum Gasteiger partial charge on any atom is 0.322 e. The molecule has 12 heteroatoms. The molecule has 198 valence electrons. The molecule has 0 radical (unpaired) electrons. The first-order valence-corrected chi connectivity index (χ1v) is 12.2. The fourth-order valence-electron chi connectivity index (χ4n) is 5.32. The van der Waals surface area contributed by atoms with Gasteiger partial charge in [-0.1, -0.05) is 6.07 Å². The number of nitrogens with one attached hydrogen (secondary N) is 3. The second-order valence-corrected chi connectivity index (χ2v) is 9.84. The van der Waals surface area contributed by atoms with E-state index in [2.05, 4.69) is 25.9 Å². The van der Waals surface area contributed by atoms with Gasteiger partial charge in [0.2, 0.25) is 0 Å². The van der Waals surface area contributed by atoms with Gasteiger partial charge in [-0.3, -0.25) is 24.7 Å². The number of fused-ring (bicyclic) bond motifs is 2. The van der Waals surface area contributed by atoms with E-state index in [-0.39, 0.29) is 31.3 Å². The Morgan fingerprint density at radius 3 is 2.77 bits per heavy atom. The molecule has 3 N–H and O–H groups in total. The van der Waals surface area contributed by atoms with Crippen LogP contribution in [0.4, 0.5) is 10.6 Å². The number of rotatable bonds is 6. The highest BCUT2D eigenvalue weighted by molar-refractivity contribution is 6.09. The Bertz CT molecular complexity index is 1540. The number of ether oxygens (including phenoxy) is 2. The molecule has 0 spiro atoms. The molecular formula is C27H24N6O6. The van der Waals surface area contributed by atoms with Crippen LogP contribution in [0.25, 0.3) is 0 Å². The van der Waals surface area contributed by atoms with Gasteiger partial charge in [-0.05, 0) is 48.9 Å². The molecule has 1 aromatic carbocycles. The molecule has 1 saturated heterocycles. The summed E-state index contributed by atoms with van der Waals surface area (Å²) in [5.74, 6) is -0.0110. The summed E-state index contributed by atoms with van der Waals surface area (Å²) in [5, 5.41) is 7.80. The molecule has 3 aliphatic heterocycles. The molecule has 0 saturated carbocycles. The largest absolute Gasteiger partial charge is 0.497 e. The van der Waals surface area contributed by atoms with Gasteiger partial charge in [-0.25, -0.2) is 9.78 Å². The highest BCUT2D eigenvalue weighted by Gasteiger charge is 2.64. The highest BCUT2D eigenvalue weighted by Crippen LogP contribution is 2.43. The number of hydrogen-bond acceptors (Lipinski definition) is 8. The number of benzene rings is 1. The number of aromatic nitrogens is 2. The lowest BCUT2D eigenvalue weighted by atomic mass is 9.78. The first-order chi connectivity index (χ1) is 18.7. The van der Waals surface area contributed by atoms with E-state index in [1.165, 1.54) is 18.2 Å². The SMILES string of the molecule is COc1ccc2c(c1)C(=O)N(CC1(C3(C)Cc4nc(NC(=O)c5cccnc5)ccc4O3)NC(=O)NC1=O)C2. The second kappa shape index (κ2) is 8.79. The van der Waals surface area contributed by atoms with Crippen molar-refractivity contribution >= 4 is 29.6 Å². The Morgan fingerprint density at radius 1 is 1.21 bits per heavy atom. The van der Waals surface area contributed by atoms with Gasteiger partial charge in [-0.2, -0.15) is 0 Å². The number of methoxy groups -OCH3 is 1. The molecule has 5 heterocycles. The predicted molar refractivity (Wildman–Crippen MR) is 136 cm³/mol. The average Bonchev–Trinajstić information content (AvgIpc) is 3.54. The summed E-state index contributed by atoms with van der Waals surface area (Å²) in [5.41, 5.74) is -0.763. The van der Waals surface area contributed by atoms with Gasteiger partial charge in [0.15, 0.2) is 5.54 Å². The topological polar surface area (TPSA) is 152 Å². The summed E-state index contributed by atoms with van der Waals surface area (Å²) in [6.07, 6.45) is 3.15. The molecule has 5 amide bonds. The van der Waals surface area contributed by atoms with E-state index >= 15 is 0 Å². The van der Waals surface area contributed by atoms with Gasteiger partial charge < -0.3 is 25.0 Å². The normalized spacial score (nSPS) is 23.0. The average molecular weight is 529 g/mol. The van der Waals surface area contributed by atoms with Crippen LogP contribution in [0.1, 0.15) is 38.9 Å². The van der Waals surface area contributed by atoms with Gasteiger partial charge in [0.25, 0.3) is 17.7 Å². The second-order valence-electron chi connectivity index (χ2n) is 9.84. The summed E-state index contributed by atoms with van der Waals surface area (Å²) in [6, 6.07) is 11.1. The van der Waals surface area contributed by atoms with Crippen LogP contribution >= 0.6 is 0 Å². The monoisotopic (exact) mass is 528 g/mol. The molecule has 1 fully saturated rings. The van der Waals surface area contributed by atoms with Crippen molar-refractivity contribution in [3.05, 3.63) is 77.2 Å². The number of hydrogen-bond donors (Lipinski definition) is 3. The van der Waals surface area contributed by atoms with Crippen molar-refractivity contribution in [1.29, 1.82) is 0 Å². The van der Waals surface area contributed by atoms with Crippen LogP contribution in [0, 0.1) is 0 Å². The van der Waals surface area contributed by atoms with E-state index in [0.29, 0.717) is 34.1 Å². The number of carbonyl (C=O) groups is 4. The Kier molecular flexibility index (Phi) is 5.49. The van der Waals surface area contributed by atoms with E-state index in [9.17, 15) is 19.2 Å². The number of urea groups is 1. The minimum absolute atomic E-state index is 0.129. The van der Waals surface area contributed by atoms with Crippen molar-refractivity contribution in [3.63, 3.8) is 0 Å². The number of anilines is 1. The maximum absolute atomic E-state index is 13.4. The highest BCUT2D eigenvalue weighted by atomic mass is 16.5. The van der Waals surface area contributed by atoms with Crippen molar-refractivity contribution in [1.82, 2.24) is 25.5 Å². The number of imide groups is 1. The van der Waals surface area contributed by atoms with Crippen molar-refractivity contribution < 1.29 is 28.7 Å². The van der Waals surface area contributed by atoms with Crippen LogP contribution in [0.3, 0.4) is 0 Å². The number of amides is 5. The molecule has 2 aromatic heterocycles. The lowest BCUT2D eigenvalue weighted by Crippen LogP contribution is -2.70. The number of carbonyl (C=O) groups excluding carboxylic acids is 4. The molecule has 2 unspecified atom stereocenters. The van der Waals surface area contributed by atoms with Crippen molar-refractivity contribution in [2.24, 2.45) is 0 Å². The van der Waals surface area contributed by atoms with Crippen molar-refractivity contribution in [2.75, 3.05) is 19.0 Å². The number of nitrogens with zero attached hydrogens (tertiary/aromatic N) is 3. The van der Waals surface area contributed by atoms with Crippen LogP contribution in [0.2, 0.25) is 0 Å². The lowest BCUT2D eigenvalue weighted by molar-refractivity contribution is -0.132. The molecule has 39 heavy (non-hydrogen) atoms. The lowest BCUT2D eigenvalue weighted by Gasteiger charge is -2.42. The summed E-state index contributed by atoms with van der Waals surface area (Å²) in [4.78, 5) is 61.7. The first kappa shape index (κ1) is 24.3. The molecule has 12 nitrogen and oxygen atoms in total. The number of pyridine rings is 2. The Balaban J connectivity index is 1.27. The molecule has 3 aliphatic rings. The minimum atomic E-state index is -1.61. The fourth-order valence-corrected chi connectivity index (χ4v) is 5.32. The van der Waals surface area contributed by atoms with E-state index < -0.39 is 23.1 Å². The Labute approximate surface area is 222 Å². The Morgan fingerprint density at radius 2 is 2.05 bits per heavy atom. The standard InChI is InChI=1S/C27H24N6O6/c1-26(11-19-20(39-26)7-8-21(29-19)30-22(34)15-4-3-9-28-12-15)27(24(36)31-25(37)32-27)14-33-13-16-5-6-17(38-2)10-18(16)23(33)35/h3-10,12H,11,13-14H2,1-2H3,(H,29,30,34)(H2,31,32,36,37). The minimum Gasteiger partial charge on any atom is -0.497 e. The molecule has 0 aliphatic carbocycles. The van der Waals surface area contributed by atoms with Gasteiger partial charge in [0.1, 0.15) is 22.9 Å². The van der Waals surface area contributed by atoms with Gasteiger partial charge in [-0.15, -0.1) is 0 Å². The molecule has 3 aromatic rings. The maximum atomic E-state index is 13.4. The third-order valence-electron chi connectivity index (χ3n) is 7.41. The zero-order chi connectivity index (χ0) is 27.4. The predicted octanol–water partition coefficient (Wildman–Crippen LogP) is 1.67. The van der Waals surface area contributed by atoms with Crippen molar-refractivity contribution in [2.45, 2.75) is 31.0 Å². The summed E-state index contributed by atoms with van der Waals surface area (Å²) in [7, 11) is 1.52. The third-order valence-corrected chi connectivity index (χ3v) is 7.41. The quantitative estimate of drug-likeness (QED) is 0.409. The van der Waals surface area contributed by atoms with Crippen LogP contribution in [-0.4, -0.2) is 63.4 Å². The fraction of sp³-hybridized carbons (Fsp3) is 0.259. The van der Waals surface area contributed by atoms with E-state index in [4.69, 9.17) is 9.47 Å². The summed E-state index contributed by atoms with van der Waals surface area (Å²) >= 11 is 0. The summed E-state index contributed by atoms with van der Waals surface area (Å²) in [6.45, 7) is 1.83. The smallest absolute Gasteiger partial charge is 0.322 e. The molecular weight excluding hydrogens is 504 g/mol. The van der Waals surface area contributed by atoms with E-state index in [1.807, 2.05) is 0 Å². The van der Waals surface area contributed by atoms with E-state index in [0.717, 1.165) is 5.56 Å². The van der Waals surface area contributed by atoms with Crippen LogP contribution in [-0.2, 0) is 17.8 Å². The van der Waals surface area contributed by atoms with Crippen molar-refractivity contribution in [3.8, 4) is 11.5 Å². The van der Waals surface area contributed by atoms with Gasteiger partial charge in [0.05, 0.1) is 24.9 Å². The molecule has 0 bridgehead atoms. The zero-order valence-electron chi connectivity index (χ0n) is 21.1. The molecule has 6 rings (SSSR count). The third kappa shape index (κ3) is 3.92. The Hall–Kier alpha value is -5.00. The van der Waals surface area contributed by atoms with Gasteiger partial charge in [0, 0.05) is 30.9 Å². The molecule has 2 atom stereocenters. The first-order valence-electron chi connectivity index (χ1n) is 12.2. The van der Waals surface area contributed by atoms with Gasteiger partial charge >= 0.3 is 6.03 Å². The van der Waals surface area contributed by atoms with Crippen LogP contribution in [0.15, 0.2) is 54.9 Å². The van der Waals surface area contributed by atoms with Crippen LogP contribution < -0.4 is 25.4 Å².